The van der Waals surface area contributed by atoms with Crippen molar-refractivity contribution in [2.75, 3.05) is 0 Å². The molecule has 1 aliphatic carbocycles. The van der Waals surface area contributed by atoms with Crippen molar-refractivity contribution in [3.8, 4) is 0 Å². The maximum Gasteiger partial charge on any atom is 0.323 e. The van der Waals surface area contributed by atoms with Gasteiger partial charge >= 0.3 is 5.69 Å². The van der Waals surface area contributed by atoms with E-state index < -0.39 is 6.10 Å². The highest BCUT2D eigenvalue weighted by atomic mass is 35.5. The van der Waals surface area contributed by atoms with Gasteiger partial charge in [-0.3, -0.25) is 0 Å². The van der Waals surface area contributed by atoms with E-state index in [1.54, 1.807) is 12.1 Å². The summed E-state index contributed by atoms with van der Waals surface area (Å²) >= 11 is 6.23. The highest BCUT2D eigenvalue weighted by molar-refractivity contribution is 6.32. The number of benzene rings is 1. The van der Waals surface area contributed by atoms with Gasteiger partial charge in [-0.2, -0.15) is 0 Å². The molecule has 1 aliphatic rings. The van der Waals surface area contributed by atoms with Gasteiger partial charge in [0, 0.05) is 10.6 Å². The van der Waals surface area contributed by atoms with Crippen LogP contribution in [0.2, 0.25) is 5.02 Å². The number of aromatic amines is 2. The zero-order chi connectivity index (χ0) is 13.4. The van der Waals surface area contributed by atoms with Crippen LogP contribution in [0.1, 0.15) is 43.8 Å². The Morgan fingerprint density at radius 2 is 1.79 bits per heavy atom. The fourth-order valence-electron chi connectivity index (χ4n) is 3.00. The molecule has 1 atom stereocenters. The summed E-state index contributed by atoms with van der Waals surface area (Å²) in [4.78, 5) is 16.6. The average molecular weight is 281 g/mol. The second kappa shape index (κ2) is 5.02. The Balaban J connectivity index is 1.98. The minimum absolute atomic E-state index is 0.254. The third kappa shape index (κ3) is 2.42. The van der Waals surface area contributed by atoms with Crippen molar-refractivity contribution in [3.05, 3.63) is 33.2 Å². The van der Waals surface area contributed by atoms with E-state index in [0.29, 0.717) is 16.1 Å². The molecular formula is C14H17ClN2O2. The van der Waals surface area contributed by atoms with Gasteiger partial charge in [-0.25, -0.2) is 4.79 Å². The third-order valence-electron chi connectivity index (χ3n) is 4.05. The van der Waals surface area contributed by atoms with E-state index in [1.807, 2.05) is 0 Å². The van der Waals surface area contributed by atoms with Crippen molar-refractivity contribution in [2.24, 2.45) is 5.92 Å². The van der Waals surface area contributed by atoms with Crippen molar-refractivity contribution in [3.63, 3.8) is 0 Å². The Morgan fingerprint density at radius 1 is 1.16 bits per heavy atom. The summed E-state index contributed by atoms with van der Waals surface area (Å²) < 4.78 is 0. The number of fused-ring (bicyclic) bond motifs is 1. The Bertz CT molecular complexity index is 640. The van der Waals surface area contributed by atoms with Crippen LogP contribution in [0.3, 0.4) is 0 Å². The molecule has 0 amide bonds. The first kappa shape index (κ1) is 12.8. The first-order valence-corrected chi connectivity index (χ1v) is 7.12. The van der Waals surface area contributed by atoms with Gasteiger partial charge in [0.15, 0.2) is 0 Å². The molecule has 19 heavy (non-hydrogen) atoms. The number of rotatable bonds is 2. The molecule has 102 valence electrons. The van der Waals surface area contributed by atoms with Crippen molar-refractivity contribution in [1.29, 1.82) is 0 Å². The summed E-state index contributed by atoms with van der Waals surface area (Å²) in [5.74, 6) is 0.273. The van der Waals surface area contributed by atoms with Crippen LogP contribution >= 0.6 is 11.6 Å². The number of halogens is 1. The molecule has 3 N–H and O–H groups in total. The van der Waals surface area contributed by atoms with E-state index in [4.69, 9.17) is 11.6 Å². The lowest BCUT2D eigenvalue weighted by Crippen LogP contribution is -2.16. The molecule has 5 heteroatoms. The van der Waals surface area contributed by atoms with E-state index in [-0.39, 0.29) is 11.6 Å². The zero-order valence-corrected chi connectivity index (χ0v) is 11.3. The second-order valence-electron chi connectivity index (χ2n) is 5.34. The molecule has 0 spiro atoms. The number of aliphatic hydroxyl groups is 1. The summed E-state index contributed by atoms with van der Waals surface area (Å²) in [6, 6.07) is 3.49. The zero-order valence-electron chi connectivity index (χ0n) is 10.6. The van der Waals surface area contributed by atoms with Gasteiger partial charge in [-0.15, -0.1) is 0 Å². The van der Waals surface area contributed by atoms with Crippen LogP contribution in [0.4, 0.5) is 0 Å². The van der Waals surface area contributed by atoms with Crippen molar-refractivity contribution in [2.45, 2.75) is 38.2 Å². The van der Waals surface area contributed by atoms with E-state index >= 15 is 0 Å². The van der Waals surface area contributed by atoms with Crippen LogP contribution in [-0.4, -0.2) is 15.1 Å². The molecule has 1 fully saturated rings. The van der Waals surface area contributed by atoms with Crippen molar-refractivity contribution in [1.82, 2.24) is 9.97 Å². The molecule has 1 heterocycles. The number of hydrogen-bond acceptors (Lipinski definition) is 2. The standard InChI is InChI=1S/C14H17ClN2O2/c15-10-7-12-11(16-14(19)17-12)6-9(10)13(18)8-4-2-1-3-5-8/h6-8,13,18H,1-5H2,(H2,16,17,19). The second-order valence-corrected chi connectivity index (χ2v) is 5.75. The van der Waals surface area contributed by atoms with Gasteiger partial charge < -0.3 is 15.1 Å². The smallest absolute Gasteiger partial charge is 0.323 e. The van der Waals surface area contributed by atoms with E-state index in [2.05, 4.69) is 9.97 Å². The molecular weight excluding hydrogens is 264 g/mol. The largest absolute Gasteiger partial charge is 0.388 e. The van der Waals surface area contributed by atoms with E-state index in [1.165, 1.54) is 19.3 Å². The number of H-pyrrole nitrogens is 2. The number of imidazole rings is 1. The van der Waals surface area contributed by atoms with Gasteiger partial charge in [-0.1, -0.05) is 30.9 Å². The lowest BCUT2D eigenvalue weighted by atomic mass is 9.82. The minimum Gasteiger partial charge on any atom is -0.388 e. The van der Waals surface area contributed by atoms with Crippen molar-refractivity contribution < 1.29 is 5.11 Å². The van der Waals surface area contributed by atoms with E-state index in [0.717, 1.165) is 18.4 Å². The predicted octanol–water partition coefficient (Wildman–Crippen LogP) is 3.12. The van der Waals surface area contributed by atoms with Crippen LogP contribution in [-0.2, 0) is 0 Å². The highest BCUT2D eigenvalue weighted by Crippen LogP contribution is 2.37. The fourth-order valence-corrected chi connectivity index (χ4v) is 3.28. The fraction of sp³-hybridized carbons (Fsp3) is 0.500. The lowest BCUT2D eigenvalue weighted by Gasteiger charge is -2.27. The maximum atomic E-state index is 11.3. The molecule has 0 aliphatic heterocycles. The lowest BCUT2D eigenvalue weighted by molar-refractivity contribution is 0.0850. The third-order valence-corrected chi connectivity index (χ3v) is 4.38. The Hall–Kier alpha value is -1.26. The molecule has 1 saturated carbocycles. The molecule has 1 unspecified atom stereocenters. The Labute approximate surface area is 115 Å². The summed E-state index contributed by atoms with van der Waals surface area (Å²) in [6.45, 7) is 0. The topological polar surface area (TPSA) is 68.9 Å². The van der Waals surface area contributed by atoms with Crippen LogP contribution in [0.15, 0.2) is 16.9 Å². The van der Waals surface area contributed by atoms with Crippen LogP contribution in [0, 0.1) is 5.92 Å². The van der Waals surface area contributed by atoms with Gasteiger partial charge in [0.2, 0.25) is 0 Å². The quantitative estimate of drug-likeness (QED) is 0.791. The number of nitrogens with one attached hydrogen (secondary N) is 2. The summed E-state index contributed by atoms with van der Waals surface area (Å²) in [5.41, 5.74) is 1.83. The monoisotopic (exact) mass is 280 g/mol. The van der Waals surface area contributed by atoms with Gasteiger partial charge in [0.1, 0.15) is 0 Å². The molecule has 4 nitrogen and oxygen atoms in total. The summed E-state index contributed by atoms with van der Waals surface area (Å²) in [5, 5.41) is 11.0. The molecule has 0 radical (unpaired) electrons. The molecule has 1 aromatic carbocycles. The Morgan fingerprint density at radius 3 is 2.47 bits per heavy atom. The predicted molar refractivity (Wildman–Crippen MR) is 75.5 cm³/mol. The molecule has 0 bridgehead atoms. The normalized spacial score (nSPS) is 18.8. The SMILES string of the molecule is O=c1[nH]c2cc(Cl)c(C(O)C3CCCCC3)cc2[nH]1. The molecule has 1 aromatic heterocycles. The summed E-state index contributed by atoms with van der Waals surface area (Å²) in [7, 11) is 0. The first-order valence-electron chi connectivity index (χ1n) is 6.74. The highest BCUT2D eigenvalue weighted by Gasteiger charge is 2.25. The van der Waals surface area contributed by atoms with Gasteiger partial charge in [-0.05, 0) is 30.9 Å². The number of hydrogen-bond donors (Lipinski definition) is 3. The van der Waals surface area contributed by atoms with Crippen LogP contribution in [0.25, 0.3) is 11.0 Å². The van der Waals surface area contributed by atoms with Crippen LogP contribution in [0.5, 0.6) is 0 Å². The maximum absolute atomic E-state index is 11.3. The Kier molecular flexibility index (Phi) is 3.37. The first-order chi connectivity index (χ1) is 9.15. The van der Waals surface area contributed by atoms with Crippen LogP contribution < -0.4 is 5.69 Å². The van der Waals surface area contributed by atoms with E-state index in [9.17, 15) is 9.90 Å². The molecule has 2 aromatic rings. The molecule has 0 saturated heterocycles. The van der Waals surface area contributed by atoms with Gasteiger partial charge in [0.05, 0.1) is 17.1 Å². The number of aliphatic hydroxyl groups excluding tert-OH is 1. The minimum atomic E-state index is -0.546. The summed E-state index contributed by atoms with van der Waals surface area (Å²) in [6.07, 6.45) is 5.13. The van der Waals surface area contributed by atoms with Crippen molar-refractivity contribution >= 4 is 22.6 Å². The molecule has 3 rings (SSSR count). The number of aromatic nitrogens is 2. The van der Waals surface area contributed by atoms with Gasteiger partial charge in [0.25, 0.3) is 0 Å². The average Bonchev–Trinajstić information content (AvgIpc) is 2.77.